The van der Waals surface area contributed by atoms with Crippen LogP contribution in [0.5, 0.6) is 0 Å². The summed E-state index contributed by atoms with van der Waals surface area (Å²) in [6.45, 7) is 1.96. The van der Waals surface area contributed by atoms with Crippen LogP contribution in [-0.4, -0.2) is 53.4 Å². The third-order valence-electron chi connectivity index (χ3n) is 5.56. The Bertz CT molecular complexity index is 1140. The van der Waals surface area contributed by atoms with Crippen LogP contribution in [0.25, 0.3) is 5.69 Å². The summed E-state index contributed by atoms with van der Waals surface area (Å²) in [4.78, 5) is 14.9. The zero-order chi connectivity index (χ0) is 24.3. The Hall–Kier alpha value is -3.31. The average Bonchev–Trinajstić information content (AvgIpc) is 3.27. The molecule has 2 aromatic carbocycles. The van der Waals surface area contributed by atoms with Gasteiger partial charge in [-0.2, -0.15) is 18.3 Å². The molecule has 0 bridgehead atoms. The first kappa shape index (κ1) is 23.8. The van der Waals surface area contributed by atoms with E-state index < -0.39 is 46.7 Å². The van der Waals surface area contributed by atoms with Crippen LogP contribution in [0, 0.1) is 11.6 Å². The summed E-state index contributed by atoms with van der Waals surface area (Å²) in [6.07, 6.45) is -4.20. The quantitative estimate of drug-likeness (QED) is 0.543. The molecule has 1 atom stereocenters. The van der Waals surface area contributed by atoms with Crippen molar-refractivity contribution in [2.24, 2.45) is 0 Å². The van der Waals surface area contributed by atoms with E-state index in [2.05, 4.69) is 10.4 Å². The maximum atomic E-state index is 14.2. The third-order valence-corrected chi connectivity index (χ3v) is 5.56. The van der Waals surface area contributed by atoms with Crippen LogP contribution in [0.4, 0.5) is 22.0 Å². The monoisotopic (exact) mass is 480 g/mol. The number of amides is 1. The molecule has 11 heteroatoms. The minimum absolute atomic E-state index is 0.0351. The van der Waals surface area contributed by atoms with Gasteiger partial charge in [0.25, 0.3) is 5.91 Å². The fourth-order valence-corrected chi connectivity index (χ4v) is 3.91. The number of alkyl halides is 3. The smallest absolute Gasteiger partial charge is 0.379 e. The first-order valence-electron chi connectivity index (χ1n) is 10.5. The predicted octanol–water partition coefficient (Wildman–Crippen LogP) is 3.97. The van der Waals surface area contributed by atoms with Crippen LogP contribution >= 0.6 is 0 Å². The molecule has 2 heterocycles. The topological polar surface area (TPSA) is 59.4 Å². The lowest BCUT2D eigenvalue weighted by atomic mass is 10.0. The average molecular weight is 480 g/mol. The molecule has 1 aliphatic heterocycles. The van der Waals surface area contributed by atoms with Crippen LogP contribution < -0.4 is 5.32 Å². The summed E-state index contributed by atoms with van der Waals surface area (Å²) in [7, 11) is 0. The second-order valence-electron chi connectivity index (χ2n) is 7.69. The van der Waals surface area contributed by atoms with E-state index in [1.165, 1.54) is 24.3 Å². The van der Waals surface area contributed by atoms with E-state index in [4.69, 9.17) is 4.74 Å². The van der Waals surface area contributed by atoms with Crippen molar-refractivity contribution in [3.05, 3.63) is 83.2 Å². The van der Waals surface area contributed by atoms with Gasteiger partial charge in [0.2, 0.25) is 0 Å². The maximum Gasteiger partial charge on any atom is 0.434 e. The first-order chi connectivity index (χ1) is 16.3. The number of morpholine rings is 1. The van der Waals surface area contributed by atoms with Crippen molar-refractivity contribution in [2.45, 2.75) is 12.2 Å². The van der Waals surface area contributed by atoms with Crippen molar-refractivity contribution in [1.82, 2.24) is 20.0 Å². The van der Waals surface area contributed by atoms with Gasteiger partial charge in [-0.15, -0.1) is 0 Å². The minimum Gasteiger partial charge on any atom is -0.379 e. The van der Waals surface area contributed by atoms with Gasteiger partial charge in [-0.05, 0) is 29.8 Å². The van der Waals surface area contributed by atoms with Gasteiger partial charge in [-0.25, -0.2) is 13.5 Å². The number of nitrogens with one attached hydrogen (secondary N) is 1. The van der Waals surface area contributed by atoms with E-state index in [1.54, 1.807) is 12.1 Å². The van der Waals surface area contributed by atoms with Crippen molar-refractivity contribution >= 4 is 5.91 Å². The minimum atomic E-state index is -4.97. The molecule has 4 rings (SSSR count). The Morgan fingerprint density at radius 1 is 1.06 bits per heavy atom. The molecule has 0 aliphatic carbocycles. The number of aromatic nitrogens is 2. The van der Waals surface area contributed by atoms with Gasteiger partial charge in [0.1, 0.15) is 17.3 Å². The number of hydrogen-bond acceptors (Lipinski definition) is 4. The summed E-state index contributed by atoms with van der Waals surface area (Å²) < 4.78 is 75.0. The lowest BCUT2D eigenvalue weighted by Crippen LogP contribution is -2.44. The molecule has 34 heavy (non-hydrogen) atoms. The molecule has 0 spiro atoms. The van der Waals surface area contributed by atoms with E-state index in [9.17, 15) is 26.7 Å². The van der Waals surface area contributed by atoms with Crippen molar-refractivity contribution < 1.29 is 31.5 Å². The van der Waals surface area contributed by atoms with E-state index in [1.807, 2.05) is 4.90 Å². The summed E-state index contributed by atoms with van der Waals surface area (Å²) in [5.74, 6) is -2.34. The summed E-state index contributed by atoms with van der Waals surface area (Å²) in [6, 6.07) is 10.1. The van der Waals surface area contributed by atoms with Gasteiger partial charge in [-0.3, -0.25) is 9.69 Å². The molecule has 1 fully saturated rings. The number of rotatable bonds is 6. The first-order valence-corrected chi connectivity index (χ1v) is 10.5. The van der Waals surface area contributed by atoms with Gasteiger partial charge in [0.15, 0.2) is 5.69 Å². The number of carbonyl (C=O) groups is 1. The molecule has 1 unspecified atom stereocenters. The Balaban J connectivity index is 1.61. The van der Waals surface area contributed by atoms with Gasteiger partial charge in [-0.1, -0.05) is 24.3 Å². The molecular formula is C23H21F5N4O2. The van der Waals surface area contributed by atoms with E-state index in [0.29, 0.717) is 36.5 Å². The van der Waals surface area contributed by atoms with Crippen molar-refractivity contribution in [3.63, 3.8) is 0 Å². The van der Waals surface area contributed by atoms with E-state index in [0.717, 1.165) is 18.3 Å². The standard InChI is InChI=1S/C23H21F5N4O2/c24-16-7-5-15(6-8-16)20(31-9-11-34-12-10-31)14-29-22(33)17-13-30-32(21(17)23(26,27)28)19-4-2-1-3-18(19)25/h1-8,13,20H,9-12,14H2,(H,29,33). The largest absolute Gasteiger partial charge is 0.434 e. The SMILES string of the molecule is O=C(NCC(c1ccc(F)cc1)N1CCOCC1)c1cnn(-c2ccccc2F)c1C(F)(F)F. The van der Waals surface area contributed by atoms with Crippen LogP contribution in [0.3, 0.4) is 0 Å². The molecule has 3 aromatic rings. The number of nitrogens with zero attached hydrogens (tertiary/aromatic N) is 3. The molecule has 0 radical (unpaired) electrons. The number of halogens is 5. The van der Waals surface area contributed by atoms with Gasteiger partial charge < -0.3 is 10.1 Å². The molecule has 180 valence electrons. The zero-order valence-corrected chi connectivity index (χ0v) is 17.9. The molecule has 6 nitrogen and oxygen atoms in total. The van der Waals surface area contributed by atoms with Crippen molar-refractivity contribution in [3.8, 4) is 5.69 Å². The van der Waals surface area contributed by atoms with Crippen molar-refractivity contribution in [2.75, 3.05) is 32.8 Å². The number of hydrogen-bond donors (Lipinski definition) is 1. The summed E-state index contributed by atoms with van der Waals surface area (Å²) in [5, 5.41) is 6.19. The lowest BCUT2D eigenvalue weighted by molar-refractivity contribution is -0.143. The van der Waals surface area contributed by atoms with Crippen LogP contribution in [0.1, 0.15) is 27.7 Å². The second-order valence-corrected chi connectivity index (χ2v) is 7.69. The predicted molar refractivity (Wildman–Crippen MR) is 112 cm³/mol. The summed E-state index contributed by atoms with van der Waals surface area (Å²) in [5.41, 5.74) is -1.83. The number of ether oxygens (including phenoxy) is 1. The highest BCUT2D eigenvalue weighted by Crippen LogP contribution is 2.34. The highest BCUT2D eigenvalue weighted by Gasteiger charge is 2.41. The second kappa shape index (κ2) is 9.90. The Morgan fingerprint density at radius 2 is 1.74 bits per heavy atom. The summed E-state index contributed by atoms with van der Waals surface area (Å²) >= 11 is 0. The highest BCUT2D eigenvalue weighted by atomic mass is 19.4. The number of carbonyl (C=O) groups excluding carboxylic acids is 1. The van der Waals surface area contributed by atoms with Crippen LogP contribution in [0.15, 0.2) is 54.7 Å². The molecule has 1 saturated heterocycles. The number of para-hydroxylation sites is 1. The Labute approximate surface area is 191 Å². The van der Waals surface area contributed by atoms with Crippen molar-refractivity contribution in [1.29, 1.82) is 0 Å². The zero-order valence-electron chi connectivity index (χ0n) is 17.9. The molecule has 1 aliphatic rings. The molecule has 0 saturated carbocycles. The highest BCUT2D eigenvalue weighted by molar-refractivity contribution is 5.95. The third kappa shape index (κ3) is 5.10. The Morgan fingerprint density at radius 3 is 2.38 bits per heavy atom. The van der Waals surface area contributed by atoms with Gasteiger partial charge >= 0.3 is 6.18 Å². The molecular weight excluding hydrogens is 459 g/mol. The fraction of sp³-hybridized carbons (Fsp3) is 0.304. The van der Waals surface area contributed by atoms with Crippen LogP contribution in [0.2, 0.25) is 0 Å². The lowest BCUT2D eigenvalue weighted by Gasteiger charge is -2.35. The van der Waals surface area contributed by atoms with Gasteiger partial charge in [0, 0.05) is 19.6 Å². The number of benzene rings is 2. The van der Waals surface area contributed by atoms with E-state index >= 15 is 0 Å². The molecule has 1 N–H and O–H groups in total. The van der Waals surface area contributed by atoms with Gasteiger partial charge in [0.05, 0.1) is 31.0 Å². The fourth-order valence-electron chi connectivity index (χ4n) is 3.91. The van der Waals surface area contributed by atoms with Crippen LogP contribution in [-0.2, 0) is 10.9 Å². The molecule has 1 aromatic heterocycles. The van der Waals surface area contributed by atoms with E-state index in [-0.39, 0.29) is 6.54 Å². The molecule has 1 amide bonds. The normalized spacial score (nSPS) is 15.8. The Kier molecular flexibility index (Phi) is 6.94. The maximum absolute atomic E-state index is 14.2.